The zero-order chi connectivity index (χ0) is 15.9. The van der Waals surface area contributed by atoms with E-state index >= 15 is 0 Å². The molecule has 1 heterocycles. The number of nitrogens with one attached hydrogen (secondary N) is 1. The van der Waals surface area contributed by atoms with E-state index in [1.54, 1.807) is 0 Å². The van der Waals surface area contributed by atoms with Gasteiger partial charge in [-0.3, -0.25) is 5.41 Å². The Morgan fingerprint density at radius 3 is 2.64 bits per heavy atom. The molecule has 1 aromatic carbocycles. The minimum absolute atomic E-state index is 0.237. The van der Waals surface area contributed by atoms with Crippen molar-refractivity contribution in [3.63, 3.8) is 0 Å². The van der Waals surface area contributed by atoms with Crippen LogP contribution >= 0.6 is 0 Å². The molecule has 0 unspecified atom stereocenters. The third kappa shape index (κ3) is 4.41. The van der Waals surface area contributed by atoms with Crippen LogP contribution in [-0.4, -0.2) is 16.0 Å². The lowest BCUT2D eigenvalue weighted by Gasteiger charge is -2.10. The van der Waals surface area contributed by atoms with Gasteiger partial charge >= 0.3 is 0 Å². The number of hydrogen-bond donors (Lipinski definition) is 2. The zero-order valence-corrected chi connectivity index (χ0v) is 13.3. The molecule has 0 saturated carbocycles. The molecular formula is C17H24N4O. The summed E-state index contributed by atoms with van der Waals surface area (Å²) in [6.07, 6.45) is 4.49. The number of amidine groups is 1. The normalized spacial score (nSPS) is 12.3. The summed E-state index contributed by atoms with van der Waals surface area (Å²) in [5.41, 5.74) is 7.60. The van der Waals surface area contributed by atoms with Gasteiger partial charge in [-0.15, -0.1) is 0 Å². The third-order valence-corrected chi connectivity index (χ3v) is 3.74. The second-order valence-corrected chi connectivity index (χ2v) is 5.73. The van der Waals surface area contributed by atoms with Gasteiger partial charge in [-0.05, 0) is 26.2 Å². The summed E-state index contributed by atoms with van der Waals surface area (Å²) in [5.74, 6) is 1.82. The predicted molar refractivity (Wildman–Crippen MR) is 87.9 cm³/mol. The maximum absolute atomic E-state index is 7.31. The van der Waals surface area contributed by atoms with Crippen molar-refractivity contribution in [2.45, 2.75) is 51.9 Å². The number of nitrogens with two attached hydrogens (primary N) is 1. The Bertz CT molecular complexity index is 603. The molecular weight excluding hydrogens is 276 g/mol. The first-order valence-electron chi connectivity index (χ1n) is 7.83. The minimum Gasteiger partial charge on any atom is -0.388 e. The standard InChI is InChI=1S/C17H24N4O/c1-3-5-14(6-4-7-15(18)19)17-20-16(21-22-17)13-10-8-12(2)9-11-13/h8-11,14H,3-7H2,1-2H3,(H3,18,19)/t14-/m1/s1. The van der Waals surface area contributed by atoms with Crippen molar-refractivity contribution in [3.05, 3.63) is 35.7 Å². The maximum atomic E-state index is 7.31. The fourth-order valence-corrected chi connectivity index (χ4v) is 2.50. The fourth-order valence-electron chi connectivity index (χ4n) is 2.50. The highest BCUT2D eigenvalue weighted by Crippen LogP contribution is 2.27. The van der Waals surface area contributed by atoms with Gasteiger partial charge in [0.15, 0.2) is 0 Å². The molecule has 0 aliphatic heterocycles. The number of aromatic nitrogens is 2. The Kier molecular flexibility index (Phi) is 5.69. The van der Waals surface area contributed by atoms with Gasteiger partial charge in [-0.25, -0.2) is 0 Å². The van der Waals surface area contributed by atoms with Crippen molar-refractivity contribution in [1.82, 2.24) is 10.1 Å². The highest BCUT2D eigenvalue weighted by molar-refractivity contribution is 5.76. The number of rotatable bonds is 8. The lowest BCUT2D eigenvalue weighted by molar-refractivity contribution is 0.336. The van der Waals surface area contributed by atoms with Gasteiger partial charge in [0.25, 0.3) is 0 Å². The summed E-state index contributed by atoms with van der Waals surface area (Å²) in [4.78, 5) is 4.56. The minimum atomic E-state index is 0.237. The van der Waals surface area contributed by atoms with E-state index in [2.05, 4.69) is 24.0 Å². The highest BCUT2D eigenvalue weighted by Gasteiger charge is 2.18. The van der Waals surface area contributed by atoms with Crippen LogP contribution in [0.3, 0.4) is 0 Å². The van der Waals surface area contributed by atoms with Crippen LogP contribution in [0.1, 0.15) is 56.4 Å². The molecule has 2 aromatic rings. The summed E-state index contributed by atoms with van der Waals surface area (Å²) in [6, 6.07) is 8.10. The van der Waals surface area contributed by atoms with Gasteiger partial charge in [-0.1, -0.05) is 48.3 Å². The largest absolute Gasteiger partial charge is 0.388 e. The molecule has 0 aliphatic carbocycles. The van der Waals surface area contributed by atoms with Crippen molar-refractivity contribution < 1.29 is 4.52 Å². The molecule has 2 rings (SSSR count). The van der Waals surface area contributed by atoms with Gasteiger partial charge in [0, 0.05) is 17.9 Å². The van der Waals surface area contributed by atoms with Gasteiger partial charge in [0.05, 0.1) is 5.84 Å². The van der Waals surface area contributed by atoms with Crippen LogP contribution in [-0.2, 0) is 0 Å². The van der Waals surface area contributed by atoms with Crippen LogP contribution in [0.5, 0.6) is 0 Å². The van der Waals surface area contributed by atoms with Crippen molar-refractivity contribution in [3.8, 4) is 11.4 Å². The first-order valence-corrected chi connectivity index (χ1v) is 7.83. The molecule has 5 heteroatoms. The molecule has 118 valence electrons. The van der Waals surface area contributed by atoms with E-state index in [0.29, 0.717) is 18.1 Å². The molecule has 0 aliphatic rings. The molecule has 1 atom stereocenters. The van der Waals surface area contributed by atoms with Gasteiger partial charge in [0.1, 0.15) is 0 Å². The molecule has 0 radical (unpaired) electrons. The van der Waals surface area contributed by atoms with Crippen LogP contribution in [0.4, 0.5) is 0 Å². The van der Waals surface area contributed by atoms with Crippen molar-refractivity contribution in [2.75, 3.05) is 0 Å². The molecule has 5 nitrogen and oxygen atoms in total. The SMILES string of the molecule is CCC[C@H](CCCC(=N)N)c1nc(-c2ccc(C)cc2)no1. The van der Waals surface area contributed by atoms with Crippen LogP contribution in [0, 0.1) is 12.3 Å². The monoisotopic (exact) mass is 300 g/mol. The highest BCUT2D eigenvalue weighted by atomic mass is 16.5. The maximum Gasteiger partial charge on any atom is 0.230 e. The van der Waals surface area contributed by atoms with Gasteiger partial charge in [-0.2, -0.15) is 4.98 Å². The summed E-state index contributed by atoms with van der Waals surface area (Å²) in [6.45, 7) is 4.20. The van der Waals surface area contributed by atoms with Crippen LogP contribution in [0.2, 0.25) is 0 Å². The van der Waals surface area contributed by atoms with Crippen LogP contribution in [0.15, 0.2) is 28.8 Å². The van der Waals surface area contributed by atoms with E-state index in [4.69, 9.17) is 15.7 Å². The van der Waals surface area contributed by atoms with E-state index in [1.807, 2.05) is 24.3 Å². The van der Waals surface area contributed by atoms with E-state index in [9.17, 15) is 0 Å². The fraction of sp³-hybridized carbons (Fsp3) is 0.471. The molecule has 0 bridgehead atoms. The molecule has 0 amide bonds. The Morgan fingerprint density at radius 1 is 1.27 bits per heavy atom. The zero-order valence-electron chi connectivity index (χ0n) is 13.3. The van der Waals surface area contributed by atoms with E-state index in [1.165, 1.54) is 5.56 Å². The number of aryl methyl sites for hydroxylation is 1. The molecule has 0 saturated heterocycles. The lowest BCUT2D eigenvalue weighted by atomic mass is 9.96. The first kappa shape index (κ1) is 16.2. The molecule has 1 aromatic heterocycles. The second kappa shape index (κ2) is 7.73. The average Bonchev–Trinajstić information content (AvgIpc) is 2.96. The first-order chi connectivity index (χ1) is 10.6. The smallest absolute Gasteiger partial charge is 0.230 e. The lowest BCUT2D eigenvalue weighted by Crippen LogP contribution is -2.09. The van der Waals surface area contributed by atoms with E-state index < -0.39 is 0 Å². The molecule has 3 N–H and O–H groups in total. The number of hydrogen-bond acceptors (Lipinski definition) is 4. The Labute approximate surface area is 131 Å². The average molecular weight is 300 g/mol. The van der Waals surface area contributed by atoms with Crippen LogP contribution < -0.4 is 5.73 Å². The summed E-state index contributed by atoms with van der Waals surface area (Å²) >= 11 is 0. The molecule has 0 fully saturated rings. The molecule has 0 spiro atoms. The van der Waals surface area contributed by atoms with Crippen molar-refractivity contribution >= 4 is 5.84 Å². The second-order valence-electron chi connectivity index (χ2n) is 5.73. The van der Waals surface area contributed by atoms with E-state index in [-0.39, 0.29) is 11.8 Å². The summed E-state index contributed by atoms with van der Waals surface area (Å²) < 4.78 is 5.48. The van der Waals surface area contributed by atoms with Crippen LogP contribution in [0.25, 0.3) is 11.4 Å². The Hall–Kier alpha value is -2.17. The number of nitrogens with zero attached hydrogens (tertiary/aromatic N) is 2. The molecule has 22 heavy (non-hydrogen) atoms. The summed E-state index contributed by atoms with van der Waals surface area (Å²) in [7, 11) is 0. The number of benzene rings is 1. The van der Waals surface area contributed by atoms with Crippen molar-refractivity contribution in [1.29, 1.82) is 5.41 Å². The summed E-state index contributed by atoms with van der Waals surface area (Å²) in [5, 5.41) is 11.4. The Morgan fingerprint density at radius 2 is 2.00 bits per heavy atom. The van der Waals surface area contributed by atoms with Gasteiger partial charge in [0.2, 0.25) is 11.7 Å². The third-order valence-electron chi connectivity index (χ3n) is 3.74. The van der Waals surface area contributed by atoms with Gasteiger partial charge < -0.3 is 10.3 Å². The quantitative estimate of drug-likeness (QED) is 0.569. The van der Waals surface area contributed by atoms with Crippen molar-refractivity contribution in [2.24, 2.45) is 5.73 Å². The topological polar surface area (TPSA) is 88.8 Å². The van der Waals surface area contributed by atoms with E-state index in [0.717, 1.165) is 31.2 Å². The Balaban J connectivity index is 2.08. The predicted octanol–water partition coefficient (Wildman–Crippen LogP) is 4.03.